The highest BCUT2D eigenvalue weighted by Gasteiger charge is 1.98. The molecule has 0 heterocycles. The highest BCUT2D eigenvalue weighted by molar-refractivity contribution is 5.14. The van der Waals surface area contributed by atoms with Crippen LogP contribution in [-0.2, 0) is 0 Å². The molecule has 0 saturated carbocycles. The van der Waals surface area contributed by atoms with E-state index in [0.29, 0.717) is 0 Å². The van der Waals surface area contributed by atoms with Crippen molar-refractivity contribution in [1.29, 1.82) is 0 Å². The molecule has 0 spiro atoms. The summed E-state index contributed by atoms with van der Waals surface area (Å²) in [5.41, 5.74) is 3.19. The minimum Gasteiger partial charge on any atom is -0.103 e. The smallest absolute Gasteiger partial charge is 0.0139 e. The van der Waals surface area contributed by atoms with Crippen LogP contribution >= 0.6 is 0 Å². The van der Waals surface area contributed by atoms with Gasteiger partial charge in [0.25, 0.3) is 0 Å². The average molecular weight is 194 g/mol. The lowest BCUT2D eigenvalue weighted by Crippen LogP contribution is -1.88. The standard InChI is InChI=1S/C14H26/c1-5-8-9-10-12-13(4)14(7-3)11-6-2/h6H,2,5,7-12H2,1,3-4H3/b14-13+. The van der Waals surface area contributed by atoms with Crippen molar-refractivity contribution in [1.82, 2.24) is 0 Å². The molecule has 14 heavy (non-hydrogen) atoms. The first kappa shape index (κ1) is 13.5. The fourth-order valence-corrected chi connectivity index (χ4v) is 1.79. The molecule has 82 valence electrons. The van der Waals surface area contributed by atoms with Gasteiger partial charge in [-0.05, 0) is 32.6 Å². The van der Waals surface area contributed by atoms with Gasteiger partial charge in [-0.3, -0.25) is 0 Å². The maximum Gasteiger partial charge on any atom is -0.0139 e. The molecule has 0 amide bonds. The van der Waals surface area contributed by atoms with Gasteiger partial charge in [-0.15, -0.1) is 6.58 Å². The first-order chi connectivity index (χ1) is 6.76. The molecule has 0 aliphatic carbocycles. The molecule has 0 unspecified atom stereocenters. The Morgan fingerprint density at radius 2 is 1.86 bits per heavy atom. The molecule has 0 fully saturated rings. The van der Waals surface area contributed by atoms with E-state index in [1.54, 1.807) is 11.1 Å². The third-order valence-electron chi connectivity index (χ3n) is 2.83. The largest absolute Gasteiger partial charge is 0.103 e. The number of unbranched alkanes of at least 4 members (excludes halogenated alkanes) is 3. The summed E-state index contributed by atoms with van der Waals surface area (Å²) in [7, 11) is 0. The second-order valence-electron chi connectivity index (χ2n) is 4.04. The van der Waals surface area contributed by atoms with E-state index < -0.39 is 0 Å². The number of hydrogen-bond acceptors (Lipinski definition) is 0. The van der Waals surface area contributed by atoms with Crippen LogP contribution in [0.15, 0.2) is 23.8 Å². The molecular weight excluding hydrogens is 168 g/mol. The van der Waals surface area contributed by atoms with Gasteiger partial charge in [-0.1, -0.05) is 50.3 Å². The second-order valence-corrected chi connectivity index (χ2v) is 4.04. The molecule has 0 aliphatic heterocycles. The van der Waals surface area contributed by atoms with Crippen molar-refractivity contribution in [3.05, 3.63) is 23.8 Å². The Balaban J connectivity index is 3.86. The van der Waals surface area contributed by atoms with Gasteiger partial charge in [0.1, 0.15) is 0 Å². The van der Waals surface area contributed by atoms with Crippen molar-refractivity contribution in [2.24, 2.45) is 0 Å². The Labute approximate surface area is 90.1 Å². The van der Waals surface area contributed by atoms with Crippen LogP contribution in [0, 0.1) is 0 Å². The molecule has 0 aromatic heterocycles. The Kier molecular flexibility index (Phi) is 8.72. The third-order valence-corrected chi connectivity index (χ3v) is 2.83. The first-order valence-electron chi connectivity index (χ1n) is 6.04. The highest BCUT2D eigenvalue weighted by atomic mass is 14.0. The van der Waals surface area contributed by atoms with E-state index >= 15 is 0 Å². The zero-order valence-corrected chi connectivity index (χ0v) is 10.2. The van der Waals surface area contributed by atoms with Gasteiger partial charge in [-0.25, -0.2) is 0 Å². The van der Waals surface area contributed by atoms with Crippen LogP contribution in [0.2, 0.25) is 0 Å². The lowest BCUT2D eigenvalue weighted by Gasteiger charge is -2.08. The van der Waals surface area contributed by atoms with Crippen molar-refractivity contribution >= 4 is 0 Å². The molecule has 0 nitrogen and oxygen atoms in total. The van der Waals surface area contributed by atoms with Gasteiger partial charge in [0.2, 0.25) is 0 Å². The highest BCUT2D eigenvalue weighted by Crippen LogP contribution is 2.18. The third kappa shape index (κ3) is 6.01. The van der Waals surface area contributed by atoms with Crippen LogP contribution in [0.1, 0.15) is 65.7 Å². The summed E-state index contributed by atoms with van der Waals surface area (Å²) in [6.07, 6.45) is 11.0. The van der Waals surface area contributed by atoms with Gasteiger partial charge in [0.15, 0.2) is 0 Å². The summed E-state index contributed by atoms with van der Waals surface area (Å²) >= 11 is 0. The SMILES string of the molecule is C=CC/C(CC)=C(\C)CCCCCC. The number of hydrogen-bond donors (Lipinski definition) is 0. The fraction of sp³-hybridized carbons (Fsp3) is 0.714. The van der Waals surface area contributed by atoms with E-state index in [2.05, 4.69) is 27.4 Å². The van der Waals surface area contributed by atoms with E-state index in [4.69, 9.17) is 0 Å². The Morgan fingerprint density at radius 3 is 2.36 bits per heavy atom. The van der Waals surface area contributed by atoms with E-state index in [-0.39, 0.29) is 0 Å². The molecule has 0 heteroatoms. The molecule has 0 aromatic carbocycles. The molecule has 0 rings (SSSR count). The molecule has 0 radical (unpaired) electrons. The Bertz CT molecular complexity index is 174. The zero-order chi connectivity index (χ0) is 10.8. The van der Waals surface area contributed by atoms with E-state index in [1.807, 2.05) is 6.08 Å². The Hall–Kier alpha value is -0.520. The van der Waals surface area contributed by atoms with Crippen LogP contribution in [0.3, 0.4) is 0 Å². The van der Waals surface area contributed by atoms with Crippen LogP contribution in [0.25, 0.3) is 0 Å². The molecule has 0 atom stereocenters. The molecular formula is C14H26. The normalized spacial score (nSPS) is 12.5. The fourth-order valence-electron chi connectivity index (χ4n) is 1.79. The van der Waals surface area contributed by atoms with Gasteiger partial charge in [0.05, 0.1) is 0 Å². The minimum atomic E-state index is 1.08. The maximum absolute atomic E-state index is 3.81. The van der Waals surface area contributed by atoms with Gasteiger partial charge in [-0.2, -0.15) is 0 Å². The second kappa shape index (κ2) is 9.05. The van der Waals surface area contributed by atoms with E-state index in [9.17, 15) is 0 Å². The van der Waals surface area contributed by atoms with Gasteiger partial charge < -0.3 is 0 Å². The molecule has 0 saturated heterocycles. The lowest BCUT2D eigenvalue weighted by molar-refractivity contribution is 0.660. The predicted octanol–water partition coefficient (Wildman–Crippen LogP) is 5.26. The molecule has 0 bridgehead atoms. The van der Waals surface area contributed by atoms with Crippen LogP contribution in [0.5, 0.6) is 0 Å². The Morgan fingerprint density at radius 1 is 1.14 bits per heavy atom. The van der Waals surface area contributed by atoms with Crippen molar-refractivity contribution in [2.75, 3.05) is 0 Å². The zero-order valence-electron chi connectivity index (χ0n) is 10.2. The summed E-state index contributed by atoms with van der Waals surface area (Å²) in [6, 6.07) is 0. The van der Waals surface area contributed by atoms with E-state index in [0.717, 1.165) is 6.42 Å². The number of rotatable bonds is 8. The summed E-state index contributed by atoms with van der Waals surface area (Å²) < 4.78 is 0. The molecule has 0 aliphatic rings. The predicted molar refractivity (Wildman–Crippen MR) is 66.6 cm³/mol. The van der Waals surface area contributed by atoms with E-state index in [1.165, 1.54) is 38.5 Å². The van der Waals surface area contributed by atoms with Gasteiger partial charge in [0, 0.05) is 0 Å². The van der Waals surface area contributed by atoms with Crippen molar-refractivity contribution in [2.45, 2.75) is 65.7 Å². The van der Waals surface area contributed by atoms with Crippen LogP contribution < -0.4 is 0 Å². The van der Waals surface area contributed by atoms with Gasteiger partial charge >= 0.3 is 0 Å². The average Bonchev–Trinajstić information content (AvgIpc) is 2.20. The topological polar surface area (TPSA) is 0 Å². The summed E-state index contributed by atoms with van der Waals surface area (Å²) in [6.45, 7) is 10.6. The summed E-state index contributed by atoms with van der Waals surface area (Å²) in [5, 5.41) is 0. The number of allylic oxidation sites excluding steroid dienone is 3. The lowest BCUT2D eigenvalue weighted by atomic mass is 9.99. The quantitative estimate of drug-likeness (QED) is 0.365. The maximum atomic E-state index is 3.81. The molecule has 0 aromatic rings. The van der Waals surface area contributed by atoms with Crippen LogP contribution in [0.4, 0.5) is 0 Å². The molecule has 0 N–H and O–H groups in total. The monoisotopic (exact) mass is 194 g/mol. The van der Waals surface area contributed by atoms with Crippen molar-refractivity contribution in [3.63, 3.8) is 0 Å². The van der Waals surface area contributed by atoms with Crippen molar-refractivity contribution in [3.8, 4) is 0 Å². The first-order valence-corrected chi connectivity index (χ1v) is 6.04. The minimum absolute atomic E-state index is 1.08. The summed E-state index contributed by atoms with van der Waals surface area (Å²) in [4.78, 5) is 0. The van der Waals surface area contributed by atoms with Crippen LogP contribution in [-0.4, -0.2) is 0 Å². The summed E-state index contributed by atoms with van der Waals surface area (Å²) in [5.74, 6) is 0. The van der Waals surface area contributed by atoms with Crippen molar-refractivity contribution < 1.29 is 0 Å².